The first-order valence-corrected chi connectivity index (χ1v) is 10.9. The number of hydrogen-bond acceptors (Lipinski definition) is 9. The molecule has 4 rings (SSSR count). The van der Waals surface area contributed by atoms with E-state index >= 15 is 0 Å². The van der Waals surface area contributed by atoms with Crippen LogP contribution in [0, 0.1) is 19.8 Å². The molecule has 10 heteroatoms. The predicted molar refractivity (Wildman–Crippen MR) is 114 cm³/mol. The van der Waals surface area contributed by atoms with Gasteiger partial charge in [-0.15, -0.1) is 11.3 Å². The van der Waals surface area contributed by atoms with Crippen molar-refractivity contribution in [3.8, 4) is 0 Å². The van der Waals surface area contributed by atoms with Crippen molar-refractivity contribution in [3.63, 3.8) is 0 Å². The van der Waals surface area contributed by atoms with Gasteiger partial charge >= 0.3 is 5.97 Å². The van der Waals surface area contributed by atoms with E-state index in [9.17, 15) is 9.59 Å². The van der Waals surface area contributed by atoms with Crippen LogP contribution in [0.15, 0.2) is 12.5 Å². The summed E-state index contributed by atoms with van der Waals surface area (Å²) in [5.41, 5.74) is 1.23. The number of fused-ring (bicyclic) bond motifs is 1. The second kappa shape index (κ2) is 8.03. The fourth-order valence-electron chi connectivity index (χ4n) is 3.49. The van der Waals surface area contributed by atoms with E-state index in [2.05, 4.69) is 43.8 Å². The summed E-state index contributed by atoms with van der Waals surface area (Å²) in [6, 6.07) is 0. The molecule has 4 heterocycles. The van der Waals surface area contributed by atoms with E-state index in [-0.39, 0.29) is 11.8 Å². The zero-order chi connectivity index (χ0) is 20.5. The third-order valence-electron chi connectivity index (χ3n) is 5.23. The lowest BCUT2D eigenvalue weighted by atomic mass is 9.96. The molecule has 1 fully saturated rings. The number of esters is 1. The third-order valence-corrected chi connectivity index (χ3v) is 7.24. The van der Waals surface area contributed by atoms with Gasteiger partial charge in [0.2, 0.25) is 5.91 Å². The van der Waals surface area contributed by atoms with Crippen molar-refractivity contribution >= 4 is 55.7 Å². The first-order chi connectivity index (χ1) is 14.0. The SMILES string of the molecule is COC(=O)c1cnc(NC(=O)C2CCN(c3ncnc4sc(C)c(C)c34)CC2)s1. The molecule has 1 saturated heterocycles. The van der Waals surface area contributed by atoms with Gasteiger partial charge in [0.15, 0.2) is 5.13 Å². The molecule has 0 saturated carbocycles. The Bertz CT molecular complexity index is 1070. The Morgan fingerprint density at radius 1 is 1.17 bits per heavy atom. The predicted octanol–water partition coefficient (Wildman–Crippen LogP) is 3.41. The van der Waals surface area contributed by atoms with Crippen molar-refractivity contribution in [2.24, 2.45) is 5.92 Å². The van der Waals surface area contributed by atoms with E-state index in [1.807, 2.05) is 0 Å². The highest BCUT2D eigenvalue weighted by molar-refractivity contribution is 7.19. The van der Waals surface area contributed by atoms with Crippen LogP contribution in [0.5, 0.6) is 0 Å². The van der Waals surface area contributed by atoms with Crippen molar-refractivity contribution in [1.29, 1.82) is 0 Å². The van der Waals surface area contributed by atoms with Crippen LogP contribution in [0.4, 0.5) is 10.9 Å². The topological polar surface area (TPSA) is 97.3 Å². The molecule has 0 aromatic carbocycles. The molecule has 152 valence electrons. The molecule has 1 aliphatic rings. The second-order valence-corrected chi connectivity index (χ2v) is 9.17. The molecular weight excluding hydrogens is 410 g/mol. The number of methoxy groups -OCH3 is 1. The van der Waals surface area contributed by atoms with Gasteiger partial charge in [-0.2, -0.15) is 0 Å². The number of hydrogen-bond donors (Lipinski definition) is 1. The Kier molecular flexibility index (Phi) is 5.46. The number of ether oxygens (including phenoxy) is 1. The molecular formula is C19H21N5O3S2. The van der Waals surface area contributed by atoms with Crippen LogP contribution in [0.1, 0.15) is 33.0 Å². The first-order valence-electron chi connectivity index (χ1n) is 9.28. The first kappa shape index (κ1) is 19.7. The maximum Gasteiger partial charge on any atom is 0.349 e. The number of amides is 1. The molecule has 3 aromatic rings. The van der Waals surface area contributed by atoms with E-state index in [0.29, 0.717) is 10.0 Å². The monoisotopic (exact) mass is 431 g/mol. The van der Waals surface area contributed by atoms with Crippen LogP contribution >= 0.6 is 22.7 Å². The Morgan fingerprint density at radius 2 is 1.93 bits per heavy atom. The summed E-state index contributed by atoms with van der Waals surface area (Å²) in [5.74, 6) is 0.343. The molecule has 29 heavy (non-hydrogen) atoms. The molecule has 0 unspecified atom stereocenters. The summed E-state index contributed by atoms with van der Waals surface area (Å²) < 4.78 is 4.67. The van der Waals surface area contributed by atoms with Crippen molar-refractivity contribution < 1.29 is 14.3 Å². The smallest absolute Gasteiger partial charge is 0.349 e. The molecule has 3 aromatic heterocycles. The summed E-state index contributed by atoms with van der Waals surface area (Å²) in [5, 5.41) is 4.36. The number of thiophene rings is 1. The molecule has 1 amide bonds. The van der Waals surface area contributed by atoms with Crippen molar-refractivity contribution in [1.82, 2.24) is 15.0 Å². The van der Waals surface area contributed by atoms with Crippen molar-refractivity contribution in [3.05, 3.63) is 27.8 Å². The summed E-state index contributed by atoms with van der Waals surface area (Å²) in [6.45, 7) is 5.72. The molecule has 0 bridgehead atoms. The molecule has 0 spiro atoms. The lowest BCUT2D eigenvalue weighted by Gasteiger charge is -2.32. The Hall–Kier alpha value is -2.59. The van der Waals surface area contributed by atoms with E-state index in [4.69, 9.17) is 0 Å². The van der Waals surface area contributed by atoms with Gasteiger partial charge in [-0.1, -0.05) is 11.3 Å². The summed E-state index contributed by atoms with van der Waals surface area (Å²) in [4.78, 5) is 42.1. The van der Waals surface area contributed by atoms with Crippen LogP contribution in [-0.4, -0.2) is 47.0 Å². The molecule has 0 radical (unpaired) electrons. The highest BCUT2D eigenvalue weighted by atomic mass is 32.1. The molecule has 8 nitrogen and oxygen atoms in total. The lowest BCUT2D eigenvalue weighted by molar-refractivity contribution is -0.120. The average Bonchev–Trinajstić information content (AvgIpc) is 3.32. The van der Waals surface area contributed by atoms with Gasteiger partial charge in [-0.3, -0.25) is 4.79 Å². The number of carbonyl (C=O) groups is 2. The summed E-state index contributed by atoms with van der Waals surface area (Å²) >= 11 is 2.81. The minimum Gasteiger partial charge on any atom is -0.465 e. The molecule has 0 atom stereocenters. The van der Waals surface area contributed by atoms with Crippen LogP contribution in [0.25, 0.3) is 10.2 Å². The van der Waals surface area contributed by atoms with Crippen LogP contribution in [-0.2, 0) is 9.53 Å². The number of nitrogens with zero attached hydrogens (tertiary/aromatic N) is 4. The number of rotatable bonds is 4. The number of carbonyl (C=O) groups excluding carboxylic acids is 2. The fourth-order valence-corrected chi connectivity index (χ4v) is 5.22. The quantitative estimate of drug-likeness (QED) is 0.632. The summed E-state index contributed by atoms with van der Waals surface area (Å²) in [7, 11) is 1.32. The maximum atomic E-state index is 12.6. The number of thiazole rings is 1. The van der Waals surface area contributed by atoms with Gasteiger partial charge in [0.25, 0.3) is 0 Å². The highest BCUT2D eigenvalue weighted by Crippen LogP contribution is 2.35. The number of aryl methyl sites for hydroxylation is 2. The molecule has 1 N–H and O–H groups in total. The van der Waals surface area contributed by atoms with Crippen molar-refractivity contribution in [2.45, 2.75) is 26.7 Å². The molecule has 0 aliphatic carbocycles. The number of piperidine rings is 1. The zero-order valence-corrected chi connectivity index (χ0v) is 18.0. The fraction of sp³-hybridized carbons (Fsp3) is 0.421. The van der Waals surface area contributed by atoms with E-state index in [1.54, 1.807) is 17.7 Å². The van der Waals surface area contributed by atoms with Gasteiger partial charge in [-0.05, 0) is 32.3 Å². The average molecular weight is 432 g/mol. The van der Waals surface area contributed by atoms with E-state index in [1.165, 1.54) is 23.7 Å². The number of anilines is 2. The standard InChI is InChI=1S/C19H21N5O3S2/c1-10-11(2)28-17-14(10)15(21-9-22-17)24-6-4-12(5-7-24)16(25)23-19-20-8-13(29-19)18(26)27-3/h8-9,12H,4-7H2,1-3H3,(H,20,23,25). The van der Waals surface area contributed by atoms with Gasteiger partial charge in [-0.25, -0.2) is 19.7 Å². The van der Waals surface area contributed by atoms with Crippen LogP contribution in [0.3, 0.4) is 0 Å². The Balaban J connectivity index is 1.41. The minimum absolute atomic E-state index is 0.0641. The van der Waals surface area contributed by atoms with Gasteiger partial charge in [0.05, 0.1) is 18.7 Å². The number of nitrogens with one attached hydrogen (secondary N) is 1. The van der Waals surface area contributed by atoms with Crippen LogP contribution in [0.2, 0.25) is 0 Å². The van der Waals surface area contributed by atoms with Gasteiger partial charge < -0.3 is 15.0 Å². The minimum atomic E-state index is -0.452. The third kappa shape index (κ3) is 3.82. The largest absolute Gasteiger partial charge is 0.465 e. The van der Waals surface area contributed by atoms with Crippen LogP contribution < -0.4 is 10.2 Å². The van der Waals surface area contributed by atoms with E-state index < -0.39 is 5.97 Å². The highest BCUT2D eigenvalue weighted by Gasteiger charge is 2.28. The van der Waals surface area contributed by atoms with Gasteiger partial charge in [0.1, 0.15) is 21.9 Å². The number of aromatic nitrogens is 3. The Labute approximate surface area is 175 Å². The van der Waals surface area contributed by atoms with E-state index in [0.717, 1.165) is 53.3 Å². The maximum absolute atomic E-state index is 12.6. The Morgan fingerprint density at radius 3 is 2.66 bits per heavy atom. The second-order valence-electron chi connectivity index (χ2n) is 6.93. The van der Waals surface area contributed by atoms with Crippen molar-refractivity contribution in [2.75, 3.05) is 30.4 Å². The molecule has 1 aliphatic heterocycles. The summed E-state index contributed by atoms with van der Waals surface area (Å²) in [6.07, 6.45) is 4.50. The van der Waals surface area contributed by atoms with Gasteiger partial charge in [0, 0.05) is 23.9 Å². The zero-order valence-electron chi connectivity index (χ0n) is 16.4. The lowest BCUT2D eigenvalue weighted by Crippen LogP contribution is -2.38. The normalized spacial score (nSPS) is 14.9.